The molecule has 1 fully saturated rings. The van der Waals surface area contributed by atoms with Crippen molar-refractivity contribution in [1.82, 2.24) is 9.80 Å². The average Bonchev–Trinajstić information content (AvgIpc) is 2.74. The van der Waals surface area contributed by atoms with Crippen LogP contribution in [0, 0.1) is 0 Å². The van der Waals surface area contributed by atoms with Crippen molar-refractivity contribution in [2.75, 3.05) is 19.6 Å². The third-order valence-corrected chi connectivity index (χ3v) is 4.39. The van der Waals surface area contributed by atoms with E-state index in [0.29, 0.717) is 31.1 Å². The van der Waals surface area contributed by atoms with Crippen LogP contribution in [0.2, 0.25) is 5.02 Å². The van der Waals surface area contributed by atoms with Crippen LogP contribution in [0.15, 0.2) is 36.9 Å². The summed E-state index contributed by atoms with van der Waals surface area (Å²) in [4.78, 5) is 28.0. The summed E-state index contributed by atoms with van der Waals surface area (Å²) in [6, 6.07) is 7.48. The normalized spacial score (nSPS) is 15.2. The first-order valence-corrected chi connectivity index (χ1v) is 8.39. The van der Waals surface area contributed by atoms with Crippen molar-refractivity contribution < 1.29 is 9.59 Å². The summed E-state index contributed by atoms with van der Waals surface area (Å²) in [6.45, 7) is 5.38. The molecule has 23 heavy (non-hydrogen) atoms. The maximum absolute atomic E-state index is 12.6. The molecule has 0 bridgehead atoms. The highest BCUT2D eigenvalue weighted by atomic mass is 35.5. The number of hydrogen-bond donors (Lipinski definition) is 0. The van der Waals surface area contributed by atoms with E-state index >= 15 is 0 Å². The van der Waals surface area contributed by atoms with Gasteiger partial charge in [0.05, 0.1) is 6.54 Å². The summed E-state index contributed by atoms with van der Waals surface area (Å²) in [5.41, 5.74) is 0.895. The number of hydrogen-bond acceptors (Lipinski definition) is 2. The zero-order chi connectivity index (χ0) is 16.7. The Morgan fingerprint density at radius 2 is 2.09 bits per heavy atom. The Morgan fingerprint density at radius 3 is 2.83 bits per heavy atom. The molecule has 1 aromatic carbocycles. The molecule has 0 aliphatic carbocycles. The van der Waals surface area contributed by atoms with Crippen molar-refractivity contribution in [3.8, 4) is 0 Å². The predicted octanol–water partition coefficient (Wildman–Crippen LogP) is 3.26. The zero-order valence-corrected chi connectivity index (χ0v) is 14.1. The first kappa shape index (κ1) is 17.5. The molecule has 1 aromatic rings. The lowest BCUT2D eigenvalue weighted by Gasteiger charge is -2.26. The van der Waals surface area contributed by atoms with E-state index in [2.05, 4.69) is 6.58 Å². The van der Waals surface area contributed by atoms with E-state index < -0.39 is 0 Å². The van der Waals surface area contributed by atoms with Gasteiger partial charge in [0.1, 0.15) is 0 Å². The topological polar surface area (TPSA) is 40.6 Å². The second-order valence-corrected chi connectivity index (χ2v) is 6.19. The number of amides is 2. The third kappa shape index (κ3) is 5.10. The summed E-state index contributed by atoms with van der Waals surface area (Å²) in [7, 11) is 0. The molecule has 0 saturated carbocycles. The molecule has 0 unspecified atom stereocenters. The molecule has 2 amide bonds. The van der Waals surface area contributed by atoms with Crippen LogP contribution in [0.25, 0.3) is 0 Å². The zero-order valence-electron chi connectivity index (χ0n) is 13.3. The van der Waals surface area contributed by atoms with Gasteiger partial charge in [-0.15, -0.1) is 6.58 Å². The number of benzene rings is 1. The molecule has 0 atom stereocenters. The fourth-order valence-corrected chi connectivity index (χ4v) is 2.91. The number of carbonyl (C=O) groups excluding carboxylic acids is 2. The van der Waals surface area contributed by atoms with Crippen LogP contribution in [0.4, 0.5) is 0 Å². The second kappa shape index (κ2) is 8.73. The van der Waals surface area contributed by atoms with Gasteiger partial charge in [0.25, 0.3) is 0 Å². The van der Waals surface area contributed by atoms with Crippen LogP contribution in [-0.2, 0) is 16.1 Å². The maximum atomic E-state index is 12.6. The SMILES string of the molecule is C=CCN(Cc1ccccc1Cl)C(=O)CN1CCCCCC1=O. The van der Waals surface area contributed by atoms with Crippen molar-refractivity contribution in [2.24, 2.45) is 0 Å². The molecule has 0 aromatic heterocycles. The minimum absolute atomic E-state index is 0.0694. The number of likely N-dealkylation sites (tertiary alicyclic amines) is 1. The summed E-state index contributed by atoms with van der Waals surface area (Å²) in [6.07, 6.45) is 5.16. The Morgan fingerprint density at radius 1 is 1.30 bits per heavy atom. The Balaban J connectivity index is 2.04. The molecule has 0 radical (unpaired) electrons. The largest absolute Gasteiger partial charge is 0.333 e. The van der Waals surface area contributed by atoms with Crippen LogP contribution in [-0.4, -0.2) is 41.2 Å². The monoisotopic (exact) mass is 334 g/mol. The Hall–Kier alpha value is -1.81. The standard InChI is InChI=1S/C18H23ClN2O2/c1-2-11-20(13-15-8-5-6-9-16(15)19)18(23)14-21-12-7-3-4-10-17(21)22/h2,5-6,8-9H,1,3-4,7,10-14H2. The van der Waals surface area contributed by atoms with Crippen LogP contribution in [0.1, 0.15) is 31.2 Å². The Labute approximate surface area is 142 Å². The second-order valence-electron chi connectivity index (χ2n) is 5.78. The van der Waals surface area contributed by atoms with Crippen molar-refractivity contribution in [3.63, 3.8) is 0 Å². The molecule has 1 aliphatic rings. The fraction of sp³-hybridized carbons (Fsp3) is 0.444. The summed E-state index contributed by atoms with van der Waals surface area (Å²) >= 11 is 6.18. The molecule has 0 N–H and O–H groups in total. The molecular formula is C18H23ClN2O2. The molecule has 5 heteroatoms. The highest BCUT2D eigenvalue weighted by Crippen LogP contribution is 2.18. The number of rotatable bonds is 6. The molecule has 4 nitrogen and oxygen atoms in total. The number of carbonyl (C=O) groups is 2. The first-order valence-electron chi connectivity index (χ1n) is 8.01. The highest BCUT2D eigenvalue weighted by molar-refractivity contribution is 6.31. The van der Waals surface area contributed by atoms with Crippen molar-refractivity contribution >= 4 is 23.4 Å². The van der Waals surface area contributed by atoms with E-state index in [4.69, 9.17) is 11.6 Å². The summed E-state index contributed by atoms with van der Waals surface area (Å²) in [5.74, 6) is 0.00668. The fourth-order valence-electron chi connectivity index (χ4n) is 2.71. The lowest BCUT2D eigenvalue weighted by molar-refractivity contribution is -0.140. The Kier molecular flexibility index (Phi) is 6.66. The van der Waals surface area contributed by atoms with E-state index in [9.17, 15) is 9.59 Å². The van der Waals surface area contributed by atoms with Gasteiger partial charge in [-0.1, -0.05) is 42.3 Å². The van der Waals surface area contributed by atoms with E-state index in [1.165, 1.54) is 0 Å². The average molecular weight is 335 g/mol. The molecule has 2 rings (SSSR count). The molecule has 0 spiro atoms. The first-order chi connectivity index (χ1) is 11.1. The minimum atomic E-state index is -0.0694. The van der Waals surface area contributed by atoms with Crippen molar-refractivity contribution in [3.05, 3.63) is 47.5 Å². The van der Waals surface area contributed by atoms with E-state index in [-0.39, 0.29) is 18.4 Å². The van der Waals surface area contributed by atoms with Crippen LogP contribution >= 0.6 is 11.6 Å². The van der Waals surface area contributed by atoms with Gasteiger partial charge >= 0.3 is 0 Å². The summed E-state index contributed by atoms with van der Waals surface area (Å²) < 4.78 is 0. The minimum Gasteiger partial charge on any atom is -0.333 e. The van der Waals surface area contributed by atoms with Crippen LogP contribution in [0.3, 0.4) is 0 Å². The van der Waals surface area contributed by atoms with Gasteiger partial charge < -0.3 is 9.80 Å². The van der Waals surface area contributed by atoms with E-state index in [1.54, 1.807) is 15.9 Å². The molecule has 1 saturated heterocycles. The smallest absolute Gasteiger partial charge is 0.242 e. The van der Waals surface area contributed by atoms with Gasteiger partial charge in [-0.25, -0.2) is 0 Å². The van der Waals surface area contributed by atoms with Gasteiger partial charge in [0.15, 0.2) is 0 Å². The molecular weight excluding hydrogens is 312 g/mol. The van der Waals surface area contributed by atoms with Crippen LogP contribution < -0.4 is 0 Å². The van der Waals surface area contributed by atoms with Gasteiger partial charge in [-0.05, 0) is 24.5 Å². The Bertz CT molecular complexity index is 574. The predicted molar refractivity (Wildman–Crippen MR) is 92.1 cm³/mol. The van der Waals surface area contributed by atoms with Gasteiger partial charge in [-0.2, -0.15) is 0 Å². The molecule has 124 valence electrons. The molecule has 1 heterocycles. The van der Waals surface area contributed by atoms with Gasteiger partial charge in [-0.3, -0.25) is 9.59 Å². The summed E-state index contributed by atoms with van der Waals surface area (Å²) in [5, 5.41) is 0.639. The number of nitrogens with zero attached hydrogens (tertiary/aromatic N) is 2. The molecule has 1 aliphatic heterocycles. The van der Waals surface area contributed by atoms with E-state index in [0.717, 1.165) is 24.8 Å². The maximum Gasteiger partial charge on any atom is 0.242 e. The highest BCUT2D eigenvalue weighted by Gasteiger charge is 2.22. The van der Waals surface area contributed by atoms with Crippen molar-refractivity contribution in [2.45, 2.75) is 32.2 Å². The van der Waals surface area contributed by atoms with E-state index in [1.807, 2.05) is 24.3 Å². The van der Waals surface area contributed by atoms with Gasteiger partial charge in [0, 0.05) is 31.1 Å². The number of halogens is 1. The quantitative estimate of drug-likeness (QED) is 0.749. The van der Waals surface area contributed by atoms with Crippen LogP contribution in [0.5, 0.6) is 0 Å². The lowest BCUT2D eigenvalue weighted by Crippen LogP contribution is -2.42. The van der Waals surface area contributed by atoms with Crippen molar-refractivity contribution in [1.29, 1.82) is 0 Å². The van der Waals surface area contributed by atoms with Gasteiger partial charge in [0.2, 0.25) is 11.8 Å². The third-order valence-electron chi connectivity index (χ3n) is 4.02. The lowest BCUT2D eigenvalue weighted by atomic mass is 10.2.